The molecule has 16 heavy (non-hydrogen) atoms. The number of nitrogens with zero attached hydrogens (tertiary/aromatic N) is 2. The summed E-state index contributed by atoms with van der Waals surface area (Å²) in [6, 6.07) is 5.46. The van der Waals surface area contributed by atoms with Crippen molar-refractivity contribution in [2.45, 2.75) is 6.92 Å². The lowest BCUT2D eigenvalue weighted by Crippen LogP contribution is -2.05. The van der Waals surface area contributed by atoms with Gasteiger partial charge < -0.3 is 4.74 Å². The average molecular weight is 217 g/mol. The van der Waals surface area contributed by atoms with Crippen LogP contribution < -0.4 is 0 Å². The van der Waals surface area contributed by atoms with Crippen LogP contribution in [0.1, 0.15) is 17.3 Å². The summed E-state index contributed by atoms with van der Waals surface area (Å²) in [6.45, 7) is 2.10. The molecule has 0 atom stereocenters. The molecule has 5 heteroatoms. The van der Waals surface area contributed by atoms with Crippen molar-refractivity contribution in [3.05, 3.63) is 36.2 Å². The lowest BCUT2D eigenvalue weighted by Gasteiger charge is -2.01. The first-order chi connectivity index (χ1) is 7.83. The first kappa shape index (κ1) is 10.4. The van der Waals surface area contributed by atoms with Gasteiger partial charge >= 0.3 is 5.97 Å². The molecule has 2 aromatic heterocycles. The number of ether oxygens (including phenoxy) is 1. The molecule has 0 amide bonds. The minimum Gasteiger partial charge on any atom is -0.462 e. The Morgan fingerprint density at radius 1 is 1.50 bits per heavy atom. The van der Waals surface area contributed by atoms with E-state index in [1.54, 1.807) is 19.2 Å². The number of aromatic amines is 1. The summed E-state index contributed by atoms with van der Waals surface area (Å²) in [7, 11) is 0. The highest BCUT2D eigenvalue weighted by Gasteiger charge is 2.16. The van der Waals surface area contributed by atoms with E-state index >= 15 is 0 Å². The van der Waals surface area contributed by atoms with Gasteiger partial charge in [-0.25, -0.2) is 4.79 Å². The van der Waals surface area contributed by atoms with Crippen molar-refractivity contribution in [1.29, 1.82) is 0 Å². The van der Waals surface area contributed by atoms with E-state index in [2.05, 4.69) is 15.2 Å². The van der Waals surface area contributed by atoms with Gasteiger partial charge in [-0.3, -0.25) is 10.1 Å². The summed E-state index contributed by atoms with van der Waals surface area (Å²) in [5, 5.41) is 6.58. The second-order valence-electron chi connectivity index (χ2n) is 3.09. The minimum atomic E-state index is -0.392. The Labute approximate surface area is 92.5 Å². The van der Waals surface area contributed by atoms with E-state index in [1.807, 2.05) is 12.1 Å². The zero-order valence-corrected chi connectivity index (χ0v) is 8.80. The van der Waals surface area contributed by atoms with Gasteiger partial charge in [0.2, 0.25) is 0 Å². The Kier molecular flexibility index (Phi) is 2.95. The van der Waals surface area contributed by atoms with Crippen LogP contribution in [0.4, 0.5) is 0 Å². The average Bonchev–Trinajstić information content (AvgIpc) is 2.79. The largest absolute Gasteiger partial charge is 0.462 e. The number of nitrogens with one attached hydrogen (secondary N) is 1. The van der Waals surface area contributed by atoms with Crippen LogP contribution in [0.25, 0.3) is 11.4 Å². The van der Waals surface area contributed by atoms with E-state index < -0.39 is 5.97 Å². The maximum Gasteiger partial charge on any atom is 0.342 e. The van der Waals surface area contributed by atoms with Gasteiger partial charge in [0, 0.05) is 6.20 Å². The number of rotatable bonds is 3. The maximum atomic E-state index is 11.6. The van der Waals surface area contributed by atoms with Crippen molar-refractivity contribution in [2.75, 3.05) is 6.61 Å². The normalized spacial score (nSPS) is 10.1. The molecule has 2 rings (SSSR count). The highest BCUT2D eigenvalue weighted by molar-refractivity contribution is 5.95. The topological polar surface area (TPSA) is 67.9 Å². The van der Waals surface area contributed by atoms with Crippen LogP contribution in [-0.4, -0.2) is 27.8 Å². The summed E-state index contributed by atoms with van der Waals surface area (Å²) in [5.41, 5.74) is 1.66. The fraction of sp³-hybridized carbons (Fsp3) is 0.182. The molecule has 1 N–H and O–H groups in total. The molecule has 0 spiro atoms. The van der Waals surface area contributed by atoms with Crippen LogP contribution >= 0.6 is 0 Å². The third-order valence-corrected chi connectivity index (χ3v) is 2.06. The minimum absolute atomic E-state index is 0.339. The highest BCUT2D eigenvalue weighted by atomic mass is 16.5. The Morgan fingerprint density at radius 2 is 2.38 bits per heavy atom. The summed E-state index contributed by atoms with van der Waals surface area (Å²) in [6.07, 6.45) is 3.10. The number of aromatic nitrogens is 3. The summed E-state index contributed by atoms with van der Waals surface area (Å²) in [5.74, 6) is -0.392. The van der Waals surface area contributed by atoms with E-state index in [0.29, 0.717) is 23.6 Å². The van der Waals surface area contributed by atoms with E-state index in [-0.39, 0.29) is 0 Å². The Balaban J connectivity index is 2.37. The molecule has 0 fully saturated rings. The molecule has 2 aromatic rings. The Bertz CT molecular complexity index is 479. The molecule has 0 radical (unpaired) electrons. The molecule has 0 aliphatic carbocycles. The number of carbonyl (C=O) groups is 1. The van der Waals surface area contributed by atoms with Gasteiger partial charge in [0.15, 0.2) is 0 Å². The smallest absolute Gasteiger partial charge is 0.342 e. The van der Waals surface area contributed by atoms with E-state index in [0.717, 1.165) is 0 Å². The monoisotopic (exact) mass is 217 g/mol. The number of pyridine rings is 1. The quantitative estimate of drug-likeness (QED) is 0.794. The summed E-state index contributed by atoms with van der Waals surface area (Å²) in [4.78, 5) is 15.7. The third kappa shape index (κ3) is 1.93. The number of hydrogen-bond acceptors (Lipinski definition) is 4. The number of esters is 1. The first-order valence-corrected chi connectivity index (χ1v) is 4.94. The standard InChI is InChI=1S/C11H11N3O2/c1-2-16-11(15)8-7-13-14-10(8)9-5-3-4-6-12-9/h3-7H,2H2,1H3,(H,13,14). The summed E-state index contributed by atoms with van der Waals surface area (Å²) < 4.78 is 4.92. The molecule has 0 saturated carbocycles. The van der Waals surface area contributed by atoms with Crippen molar-refractivity contribution in [3.63, 3.8) is 0 Å². The molecular formula is C11H11N3O2. The predicted molar refractivity (Wildman–Crippen MR) is 57.8 cm³/mol. The van der Waals surface area contributed by atoms with E-state index in [4.69, 9.17) is 4.74 Å². The van der Waals surface area contributed by atoms with Gasteiger partial charge in [-0.05, 0) is 19.1 Å². The third-order valence-electron chi connectivity index (χ3n) is 2.06. The van der Waals surface area contributed by atoms with Crippen LogP contribution in [0.3, 0.4) is 0 Å². The lowest BCUT2D eigenvalue weighted by atomic mass is 10.2. The molecule has 82 valence electrons. The summed E-state index contributed by atoms with van der Waals surface area (Å²) >= 11 is 0. The fourth-order valence-electron chi connectivity index (χ4n) is 1.36. The zero-order valence-electron chi connectivity index (χ0n) is 8.80. The SMILES string of the molecule is CCOC(=O)c1cn[nH]c1-c1ccccn1. The second-order valence-corrected chi connectivity index (χ2v) is 3.09. The molecule has 0 aromatic carbocycles. The molecule has 0 aliphatic rings. The van der Waals surface area contributed by atoms with Gasteiger partial charge in [-0.1, -0.05) is 6.07 Å². The molecule has 2 heterocycles. The van der Waals surface area contributed by atoms with Gasteiger partial charge in [0.05, 0.1) is 24.2 Å². The second kappa shape index (κ2) is 4.57. The molecule has 0 saturated heterocycles. The van der Waals surface area contributed by atoms with Crippen molar-refractivity contribution in [2.24, 2.45) is 0 Å². The highest BCUT2D eigenvalue weighted by Crippen LogP contribution is 2.18. The van der Waals surface area contributed by atoms with Gasteiger partial charge in [-0.15, -0.1) is 0 Å². The Hall–Kier alpha value is -2.17. The fourth-order valence-corrected chi connectivity index (χ4v) is 1.36. The molecule has 0 unspecified atom stereocenters. The van der Waals surface area contributed by atoms with Crippen molar-refractivity contribution in [1.82, 2.24) is 15.2 Å². The van der Waals surface area contributed by atoms with Gasteiger partial charge in [0.25, 0.3) is 0 Å². The number of hydrogen-bond donors (Lipinski definition) is 1. The predicted octanol–water partition coefficient (Wildman–Crippen LogP) is 1.65. The van der Waals surface area contributed by atoms with Crippen LogP contribution in [0.5, 0.6) is 0 Å². The van der Waals surface area contributed by atoms with Crippen LogP contribution in [0, 0.1) is 0 Å². The van der Waals surface area contributed by atoms with Crippen LogP contribution in [0.2, 0.25) is 0 Å². The maximum absolute atomic E-state index is 11.6. The van der Waals surface area contributed by atoms with Crippen LogP contribution in [0.15, 0.2) is 30.6 Å². The van der Waals surface area contributed by atoms with Crippen LogP contribution in [-0.2, 0) is 4.74 Å². The van der Waals surface area contributed by atoms with Crippen molar-refractivity contribution in [3.8, 4) is 11.4 Å². The Morgan fingerprint density at radius 3 is 3.06 bits per heavy atom. The molecule has 0 bridgehead atoms. The lowest BCUT2D eigenvalue weighted by molar-refractivity contribution is 0.0527. The molecule has 5 nitrogen and oxygen atoms in total. The zero-order chi connectivity index (χ0) is 11.4. The molecular weight excluding hydrogens is 206 g/mol. The number of H-pyrrole nitrogens is 1. The van der Waals surface area contributed by atoms with Gasteiger partial charge in [0.1, 0.15) is 5.56 Å². The first-order valence-electron chi connectivity index (χ1n) is 4.94. The van der Waals surface area contributed by atoms with Crippen molar-refractivity contribution >= 4 is 5.97 Å². The van der Waals surface area contributed by atoms with E-state index in [1.165, 1.54) is 6.20 Å². The van der Waals surface area contributed by atoms with E-state index in [9.17, 15) is 4.79 Å². The number of carbonyl (C=O) groups excluding carboxylic acids is 1. The van der Waals surface area contributed by atoms with Crippen molar-refractivity contribution < 1.29 is 9.53 Å². The molecule has 0 aliphatic heterocycles. The van der Waals surface area contributed by atoms with Gasteiger partial charge in [-0.2, -0.15) is 5.10 Å².